The van der Waals surface area contributed by atoms with Crippen molar-refractivity contribution in [3.05, 3.63) is 12.2 Å². The molecule has 6 unspecified atom stereocenters. The summed E-state index contributed by atoms with van der Waals surface area (Å²) in [5.41, 5.74) is -0.160. The normalized spacial score (nSPS) is 49.2. The Kier molecular flexibility index (Phi) is 2.58. The van der Waals surface area contributed by atoms with E-state index in [2.05, 4.69) is 6.58 Å². The molecule has 0 spiro atoms. The molecule has 0 aromatic heterocycles. The minimum absolute atomic E-state index is 0.0884. The van der Waals surface area contributed by atoms with Crippen molar-refractivity contribution in [1.29, 1.82) is 0 Å². The highest BCUT2D eigenvalue weighted by Crippen LogP contribution is 2.62. The summed E-state index contributed by atoms with van der Waals surface area (Å²) < 4.78 is 5.67. The third-order valence-corrected chi connectivity index (χ3v) is 5.14. The Morgan fingerprint density at radius 1 is 1.44 bits per heavy atom. The van der Waals surface area contributed by atoms with Crippen LogP contribution in [0.15, 0.2) is 12.2 Å². The molecule has 0 heterocycles. The summed E-state index contributed by atoms with van der Waals surface area (Å²) in [7, 11) is 0. The summed E-state index contributed by atoms with van der Waals surface area (Å²) in [6.45, 7) is 5.25. The Hall–Kier alpha value is -0.870. The van der Waals surface area contributed by atoms with Crippen LogP contribution in [-0.2, 0) is 9.53 Å². The van der Waals surface area contributed by atoms with Gasteiger partial charge in [0.2, 0.25) is 0 Å². The fourth-order valence-electron chi connectivity index (χ4n) is 4.42. The van der Waals surface area contributed by atoms with E-state index < -0.39 is 17.8 Å². The molecule has 3 aliphatic rings. The molecule has 0 radical (unpaired) electrons. The minimum atomic E-state index is -0.752. The SMILES string of the molecule is C=C(C)C(=O)OC12CCC(C1)C1CC(O)C(O)C12. The van der Waals surface area contributed by atoms with Gasteiger partial charge in [-0.3, -0.25) is 0 Å². The van der Waals surface area contributed by atoms with Crippen LogP contribution in [0.5, 0.6) is 0 Å². The van der Waals surface area contributed by atoms with Crippen LogP contribution in [0.25, 0.3) is 0 Å². The lowest BCUT2D eigenvalue weighted by molar-refractivity contribution is -0.165. The van der Waals surface area contributed by atoms with Gasteiger partial charge in [-0.2, -0.15) is 0 Å². The van der Waals surface area contributed by atoms with E-state index in [1.54, 1.807) is 6.92 Å². The molecule has 4 nitrogen and oxygen atoms in total. The smallest absolute Gasteiger partial charge is 0.333 e. The molecule has 6 atom stereocenters. The Labute approximate surface area is 107 Å². The maximum absolute atomic E-state index is 11.8. The molecule has 0 saturated heterocycles. The molecule has 0 aromatic rings. The number of rotatable bonds is 2. The van der Waals surface area contributed by atoms with Crippen LogP contribution in [0.2, 0.25) is 0 Å². The van der Waals surface area contributed by atoms with Crippen LogP contribution >= 0.6 is 0 Å². The molecule has 2 bridgehead atoms. The zero-order chi connectivity index (χ0) is 13.1. The summed E-state index contributed by atoms with van der Waals surface area (Å²) in [5, 5.41) is 20.0. The molecular formula is C14H20O4. The first-order valence-electron chi connectivity index (χ1n) is 6.69. The van der Waals surface area contributed by atoms with Crippen molar-refractivity contribution in [3.63, 3.8) is 0 Å². The number of ether oxygens (including phenoxy) is 1. The second kappa shape index (κ2) is 3.81. The topological polar surface area (TPSA) is 66.8 Å². The first-order chi connectivity index (χ1) is 8.44. The van der Waals surface area contributed by atoms with Gasteiger partial charge in [0.1, 0.15) is 5.60 Å². The van der Waals surface area contributed by atoms with E-state index in [0.29, 0.717) is 23.8 Å². The predicted octanol–water partition coefficient (Wildman–Crippen LogP) is 1.02. The first kappa shape index (κ1) is 12.2. The van der Waals surface area contributed by atoms with Gasteiger partial charge in [-0.25, -0.2) is 4.79 Å². The Morgan fingerprint density at radius 3 is 2.83 bits per heavy atom. The number of carbonyl (C=O) groups excluding carboxylic acids is 1. The van der Waals surface area contributed by atoms with E-state index in [9.17, 15) is 15.0 Å². The number of aliphatic hydroxyl groups is 2. The van der Waals surface area contributed by atoms with Crippen molar-refractivity contribution in [2.24, 2.45) is 17.8 Å². The van der Waals surface area contributed by atoms with E-state index in [0.717, 1.165) is 19.3 Å². The summed E-state index contributed by atoms with van der Waals surface area (Å²) >= 11 is 0. The highest BCUT2D eigenvalue weighted by molar-refractivity contribution is 5.87. The molecule has 100 valence electrons. The van der Waals surface area contributed by atoms with Crippen LogP contribution in [0.3, 0.4) is 0 Å². The molecule has 0 aliphatic heterocycles. The average molecular weight is 252 g/mol. The number of esters is 1. The molecule has 3 saturated carbocycles. The molecule has 3 fully saturated rings. The monoisotopic (exact) mass is 252 g/mol. The van der Waals surface area contributed by atoms with E-state index in [4.69, 9.17) is 4.74 Å². The van der Waals surface area contributed by atoms with Crippen LogP contribution in [-0.4, -0.2) is 34.0 Å². The second-order valence-corrected chi connectivity index (χ2v) is 6.22. The van der Waals surface area contributed by atoms with Gasteiger partial charge in [-0.1, -0.05) is 6.58 Å². The molecule has 3 rings (SSSR count). The number of aliphatic hydroxyl groups excluding tert-OH is 2. The highest BCUT2D eigenvalue weighted by Gasteiger charge is 2.66. The fourth-order valence-corrected chi connectivity index (χ4v) is 4.42. The second-order valence-electron chi connectivity index (χ2n) is 6.22. The third-order valence-electron chi connectivity index (χ3n) is 5.14. The van der Waals surface area contributed by atoms with Crippen molar-refractivity contribution >= 4 is 5.97 Å². The summed E-state index contributed by atoms with van der Waals surface area (Å²) in [6, 6.07) is 0. The predicted molar refractivity (Wildman–Crippen MR) is 64.6 cm³/mol. The fraction of sp³-hybridized carbons (Fsp3) is 0.786. The number of hydrogen-bond donors (Lipinski definition) is 2. The van der Waals surface area contributed by atoms with Crippen molar-refractivity contribution in [1.82, 2.24) is 0 Å². The zero-order valence-corrected chi connectivity index (χ0v) is 10.6. The van der Waals surface area contributed by atoms with Crippen LogP contribution in [0.1, 0.15) is 32.6 Å². The lowest BCUT2D eigenvalue weighted by Gasteiger charge is -2.37. The first-order valence-corrected chi connectivity index (χ1v) is 6.69. The van der Waals surface area contributed by atoms with Gasteiger partial charge in [0.25, 0.3) is 0 Å². The van der Waals surface area contributed by atoms with E-state index in [1.807, 2.05) is 0 Å². The standard InChI is InChI=1S/C14H20O4/c1-7(2)13(17)18-14-4-3-8(6-14)9-5-10(15)12(16)11(9)14/h8-12,15-16H,1,3-6H2,2H3. The molecule has 0 amide bonds. The van der Waals surface area contributed by atoms with Gasteiger partial charge in [-0.05, 0) is 44.4 Å². The summed E-state index contributed by atoms with van der Waals surface area (Å²) in [4.78, 5) is 11.8. The average Bonchev–Trinajstić information content (AvgIpc) is 2.91. The summed E-state index contributed by atoms with van der Waals surface area (Å²) in [6.07, 6.45) is 1.90. The minimum Gasteiger partial charge on any atom is -0.455 e. The Balaban J connectivity index is 1.87. The lowest BCUT2D eigenvalue weighted by atomic mass is 9.78. The molecule has 18 heavy (non-hydrogen) atoms. The molecule has 3 aliphatic carbocycles. The summed E-state index contributed by atoms with van der Waals surface area (Å²) in [5.74, 6) is 0.334. The van der Waals surface area contributed by atoms with Crippen LogP contribution < -0.4 is 0 Å². The van der Waals surface area contributed by atoms with Crippen LogP contribution in [0.4, 0.5) is 0 Å². The third kappa shape index (κ3) is 1.48. The van der Waals surface area contributed by atoms with Gasteiger partial charge in [-0.15, -0.1) is 0 Å². The number of hydrogen-bond acceptors (Lipinski definition) is 4. The quantitative estimate of drug-likeness (QED) is 0.568. The van der Waals surface area contributed by atoms with E-state index in [-0.39, 0.29) is 11.9 Å². The van der Waals surface area contributed by atoms with Gasteiger partial charge in [0.15, 0.2) is 0 Å². The van der Waals surface area contributed by atoms with Crippen LogP contribution in [0, 0.1) is 17.8 Å². The van der Waals surface area contributed by atoms with Crippen molar-refractivity contribution in [2.75, 3.05) is 0 Å². The zero-order valence-electron chi connectivity index (χ0n) is 10.6. The van der Waals surface area contributed by atoms with Gasteiger partial charge in [0.05, 0.1) is 12.2 Å². The lowest BCUT2D eigenvalue weighted by Crippen LogP contribution is -2.45. The Bertz CT molecular complexity index is 405. The maximum atomic E-state index is 11.8. The molecule has 4 heteroatoms. The van der Waals surface area contributed by atoms with Gasteiger partial charge >= 0.3 is 5.97 Å². The molecule has 0 aromatic carbocycles. The Morgan fingerprint density at radius 2 is 2.17 bits per heavy atom. The largest absolute Gasteiger partial charge is 0.455 e. The van der Waals surface area contributed by atoms with Crippen molar-refractivity contribution in [3.8, 4) is 0 Å². The number of carbonyl (C=O) groups is 1. The van der Waals surface area contributed by atoms with Crippen molar-refractivity contribution < 1.29 is 19.7 Å². The van der Waals surface area contributed by atoms with E-state index in [1.165, 1.54) is 0 Å². The molecule has 2 N–H and O–H groups in total. The van der Waals surface area contributed by atoms with Gasteiger partial charge < -0.3 is 14.9 Å². The molecular weight excluding hydrogens is 232 g/mol. The van der Waals surface area contributed by atoms with Crippen molar-refractivity contribution in [2.45, 2.75) is 50.4 Å². The van der Waals surface area contributed by atoms with E-state index >= 15 is 0 Å². The highest BCUT2D eigenvalue weighted by atomic mass is 16.6. The number of fused-ring (bicyclic) bond motifs is 5. The van der Waals surface area contributed by atoms with Gasteiger partial charge in [0, 0.05) is 11.5 Å². The maximum Gasteiger partial charge on any atom is 0.333 e.